The van der Waals surface area contributed by atoms with Crippen molar-refractivity contribution in [3.63, 3.8) is 0 Å². The van der Waals surface area contributed by atoms with E-state index in [0.29, 0.717) is 0 Å². The highest BCUT2D eigenvalue weighted by atomic mass is 16.6. The fourth-order valence-corrected chi connectivity index (χ4v) is 2.87. The maximum Gasteiger partial charge on any atom is 0.325 e. The molecule has 0 unspecified atom stereocenters. The van der Waals surface area contributed by atoms with E-state index in [1.165, 1.54) is 23.8 Å². The fourth-order valence-electron chi connectivity index (χ4n) is 2.87. The summed E-state index contributed by atoms with van der Waals surface area (Å²) in [6, 6.07) is 9.50. The number of nitrogens with one attached hydrogen (secondary N) is 1. The molecule has 0 saturated carbocycles. The van der Waals surface area contributed by atoms with Crippen LogP contribution in [-0.2, 0) is 21.6 Å². The molecular weight excluding hydrogens is 372 g/mol. The average Bonchev–Trinajstić information content (AvgIpc) is 2.64. The smallest absolute Gasteiger partial charge is 0.325 e. The lowest BCUT2D eigenvalue weighted by molar-refractivity contribution is -0.384. The van der Waals surface area contributed by atoms with E-state index in [1.807, 2.05) is 13.8 Å². The standard InChI is InChI=1S/C22H26N2O5/c1-14-9-17(22(3,4)5)10-15(2)19(14)13-29-20(25)12-23-21(26)16-7-6-8-18(11-16)24(27)28/h6-11H,12-13H2,1-5H3,(H,23,26). The predicted octanol–water partition coefficient (Wildman–Crippen LogP) is 3.98. The summed E-state index contributed by atoms with van der Waals surface area (Å²) >= 11 is 0. The quantitative estimate of drug-likeness (QED) is 0.451. The SMILES string of the molecule is Cc1cc(C(C)(C)C)cc(C)c1COC(=O)CNC(=O)c1cccc([N+](=O)[O-])c1. The number of benzene rings is 2. The second-order valence-electron chi connectivity index (χ2n) is 7.99. The van der Waals surface area contributed by atoms with Crippen LogP contribution in [-0.4, -0.2) is 23.3 Å². The van der Waals surface area contributed by atoms with E-state index in [2.05, 4.69) is 38.2 Å². The van der Waals surface area contributed by atoms with Crippen molar-refractivity contribution in [3.05, 3.63) is 74.3 Å². The van der Waals surface area contributed by atoms with Crippen LogP contribution in [0.3, 0.4) is 0 Å². The van der Waals surface area contributed by atoms with E-state index >= 15 is 0 Å². The highest BCUT2D eigenvalue weighted by Gasteiger charge is 2.17. The van der Waals surface area contributed by atoms with Crippen molar-refractivity contribution in [3.8, 4) is 0 Å². The van der Waals surface area contributed by atoms with Crippen LogP contribution in [0.15, 0.2) is 36.4 Å². The van der Waals surface area contributed by atoms with Crippen LogP contribution < -0.4 is 5.32 Å². The van der Waals surface area contributed by atoms with Gasteiger partial charge in [-0.15, -0.1) is 0 Å². The Hall–Kier alpha value is -3.22. The van der Waals surface area contributed by atoms with Crippen molar-refractivity contribution in [2.45, 2.75) is 46.6 Å². The summed E-state index contributed by atoms with van der Waals surface area (Å²) in [5, 5.41) is 13.2. The molecule has 0 aliphatic heterocycles. The van der Waals surface area contributed by atoms with Crippen LogP contribution in [0.1, 0.15) is 53.4 Å². The van der Waals surface area contributed by atoms with Crippen molar-refractivity contribution in [1.82, 2.24) is 5.32 Å². The second kappa shape index (κ2) is 8.86. The first-order chi connectivity index (χ1) is 13.5. The average molecular weight is 398 g/mol. The molecule has 2 aromatic rings. The van der Waals surface area contributed by atoms with E-state index in [1.54, 1.807) is 0 Å². The summed E-state index contributed by atoms with van der Waals surface area (Å²) < 4.78 is 5.30. The molecule has 0 aliphatic carbocycles. The van der Waals surface area contributed by atoms with E-state index < -0.39 is 16.8 Å². The highest BCUT2D eigenvalue weighted by Crippen LogP contribution is 2.27. The third kappa shape index (κ3) is 5.88. The van der Waals surface area contributed by atoms with Gasteiger partial charge < -0.3 is 10.1 Å². The minimum Gasteiger partial charge on any atom is -0.459 e. The topological polar surface area (TPSA) is 98.5 Å². The molecule has 0 heterocycles. The minimum absolute atomic E-state index is 0.0293. The number of ether oxygens (including phenoxy) is 1. The first-order valence-corrected chi connectivity index (χ1v) is 9.28. The van der Waals surface area contributed by atoms with Crippen LogP contribution in [0.5, 0.6) is 0 Å². The zero-order valence-corrected chi connectivity index (χ0v) is 17.4. The molecule has 1 amide bonds. The number of hydrogen-bond acceptors (Lipinski definition) is 5. The molecule has 29 heavy (non-hydrogen) atoms. The Bertz CT molecular complexity index is 921. The predicted molar refractivity (Wildman–Crippen MR) is 110 cm³/mol. The van der Waals surface area contributed by atoms with Crippen molar-refractivity contribution < 1.29 is 19.2 Å². The van der Waals surface area contributed by atoms with Crippen LogP contribution >= 0.6 is 0 Å². The molecule has 7 nitrogen and oxygen atoms in total. The Labute approximate surface area is 170 Å². The third-order valence-electron chi connectivity index (χ3n) is 4.65. The lowest BCUT2D eigenvalue weighted by Gasteiger charge is -2.22. The molecule has 0 saturated heterocycles. The van der Waals surface area contributed by atoms with Crippen molar-refractivity contribution in [2.75, 3.05) is 6.54 Å². The summed E-state index contributed by atoms with van der Waals surface area (Å²) in [7, 11) is 0. The Morgan fingerprint density at radius 2 is 1.72 bits per heavy atom. The molecule has 0 spiro atoms. The van der Waals surface area contributed by atoms with Crippen LogP contribution in [0.2, 0.25) is 0 Å². The van der Waals surface area contributed by atoms with Gasteiger partial charge in [-0.25, -0.2) is 0 Å². The molecule has 2 rings (SSSR count). The number of nitro groups is 1. The van der Waals surface area contributed by atoms with Crippen molar-refractivity contribution in [2.24, 2.45) is 0 Å². The molecule has 0 fully saturated rings. The van der Waals surface area contributed by atoms with E-state index in [9.17, 15) is 19.7 Å². The lowest BCUT2D eigenvalue weighted by atomic mass is 9.84. The molecule has 2 aromatic carbocycles. The lowest BCUT2D eigenvalue weighted by Crippen LogP contribution is -2.30. The Morgan fingerprint density at radius 1 is 1.10 bits per heavy atom. The number of hydrogen-bond donors (Lipinski definition) is 1. The Balaban J connectivity index is 1.94. The first kappa shape index (κ1) is 22.1. The van der Waals surface area contributed by atoms with E-state index in [4.69, 9.17) is 4.74 Å². The Morgan fingerprint density at radius 3 is 2.28 bits per heavy atom. The van der Waals surface area contributed by atoms with Crippen LogP contribution in [0.25, 0.3) is 0 Å². The van der Waals surface area contributed by atoms with E-state index in [-0.39, 0.29) is 29.8 Å². The van der Waals surface area contributed by atoms with Gasteiger partial charge in [0.2, 0.25) is 0 Å². The summed E-state index contributed by atoms with van der Waals surface area (Å²) in [4.78, 5) is 34.3. The monoisotopic (exact) mass is 398 g/mol. The molecular formula is C22H26N2O5. The number of aryl methyl sites for hydroxylation is 2. The van der Waals surface area contributed by atoms with Gasteiger partial charge in [-0.1, -0.05) is 39.0 Å². The second-order valence-corrected chi connectivity index (χ2v) is 7.99. The largest absolute Gasteiger partial charge is 0.459 e. The van der Waals surface area contributed by atoms with Crippen molar-refractivity contribution >= 4 is 17.6 Å². The van der Waals surface area contributed by atoms with Gasteiger partial charge in [0.25, 0.3) is 11.6 Å². The zero-order chi connectivity index (χ0) is 21.8. The minimum atomic E-state index is -0.583. The molecule has 0 bridgehead atoms. The number of nitro benzene ring substituents is 1. The number of esters is 1. The molecule has 0 aromatic heterocycles. The zero-order valence-electron chi connectivity index (χ0n) is 17.4. The highest BCUT2D eigenvalue weighted by molar-refractivity contribution is 5.96. The number of rotatable bonds is 6. The maximum atomic E-state index is 12.1. The number of carbonyl (C=O) groups is 2. The van der Waals surface area contributed by atoms with Crippen LogP contribution in [0, 0.1) is 24.0 Å². The molecule has 7 heteroatoms. The third-order valence-corrected chi connectivity index (χ3v) is 4.65. The van der Waals surface area contributed by atoms with Crippen molar-refractivity contribution in [1.29, 1.82) is 0 Å². The van der Waals surface area contributed by atoms with Gasteiger partial charge in [-0.3, -0.25) is 19.7 Å². The number of nitrogens with zero attached hydrogens (tertiary/aromatic N) is 1. The number of amides is 1. The summed E-state index contributed by atoms with van der Waals surface area (Å²) in [6.07, 6.45) is 0. The number of non-ortho nitro benzene ring substituents is 1. The molecule has 0 radical (unpaired) electrons. The fraction of sp³-hybridized carbons (Fsp3) is 0.364. The van der Waals surface area contributed by atoms with Gasteiger partial charge in [0.05, 0.1) is 4.92 Å². The van der Waals surface area contributed by atoms with Gasteiger partial charge in [-0.05, 0) is 47.6 Å². The molecule has 1 N–H and O–H groups in total. The summed E-state index contributed by atoms with van der Waals surface area (Å²) in [5.74, 6) is -1.16. The van der Waals surface area contributed by atoms with Crippen LogP contribution in [0.4, 0.5) is 5.69 Å². The maximum absolute atomic E-state index is 12.1. The van der Waals surface area contributed by atoms with Gasteiger partial charge in [-0.2, -0.15) is 0 Å². The van der Waals surface area contributed by atoms with E-state index in [0.717, 1.165) is 22.8 Å². The summed E-state index contributed by atoms with van der Waals surface area (Å²) in [6.45, 7) is 10.2. The van der Waals surface area contributed by atoms with Gasteiger partial charge >= 0.3 is 5.97 Å². The molecule has 154 valence electrons. The molecule has 0 aliphatic rings. The number of carbonyl (C=O) groups excluding carboxylic acids is 2. The normalized spacial score (nSPS) is 11.1. The Kier molecular flexibility index (Phi) is 6.74. The summed E-state index contributed by atoms with van der Waals surface area (Å²) in [5.41, 5.74) is 4.19. The molecule has 0 atom stereocenters. The van der Waals surface area contributed by atoms with Gasteiger partial charge in [0, 0.05) is 17.7 Å². The van der Waals surface area contributed by atoms with Gasteiger partial charge in [0.15, 0.2) is 0 Å². The van der Waals surface area contributed by atoms with Gasteiger partial charge in [0.1, 0.15) is 13.2 Å². The first-order valence-electron chi connectivity index (χ1n) is 9.28.